The predicted octanol–water partition coefficient (Wildman–Crippen LogP) is -1.14. The van der Waals surface area contributed by atoms with Gasteiger partial charge in [0.15, 0.2) is 0 Å². The number of nitrogens with one attached hydrogen (secondary N) is 2. The molecule has 0 spiro atoms. The van der Waals surface area contributed by atoms with E-state index in [1.165, 1.54) is 9.80 Å². The quantitative estimate of drug-likeness (QED) is 0.352. The summed E-state index contributed by atoms with van der Waals surface area (Å²) >= 11 is 0. The van der Waals surface area contributed by atoms with Gasteiger partial charge in [-0.1, -0.05) is 30.3 Å². The average Bonchev–Trinajstić information content (AvgIpc) is 3.52. The lowest BCUT2D eigenvalue weighted by atomic mass is 10.0. The van der Waals surface area contributed by atoms with E-state index in [1.54, 1.807) is 0 Å². The molecule has 4 amide bonds. The van der Waals surface area contributed by atoms with Crippen molar-refractivity contribution in [2.24, 2.45) is 5.73 Å². The first kappa shape index (κ1) is 25.2. The summed E-state index contributed by atoms with van der Waals surface area (Å²) in [6, 6.07) is 6.51. The van der Waals surface area contributed by atoms with Crippen molar-refractivity contribution in [2.45, 2.75) is 50.2 Å². The lowest BCUT2D eigenvalue weighted by Crippen LogP contribution is -2.55. The van der Waals surface area contributed by atoms with Crippen LogP contribution < -0.4 is 16.4 Å². The maximum Gasteiger partial charge on any atom is 0.326 e. The Bertz CT molecular complexity index is 924. The van der Waals surface area contributed by atoms with E-state index >= 15 is 0 Å². The van der Waals surface area contributed by atoms with Crippen molar-refractivity contribution >= 4 is 29.6 Å². The Hall–Kier alpha value is -3.47. The topological polar surface area (TPSA) is 162 Å². The summed E-state index contributed by atoms with van der Waals surface area (Å²) in [5.74, 6) is -2.90. The van der Waals surface area contributed by atoms with Crippen LogP contribution in [0.5, 0.6) is 0 Å². The van der Waals surface area contributed by atoms with E-state index in [9.17, 15) is 29.1 Å². The van der Waals surface area contributed by atoms with Crippen molar-refractivity contribution < 1.29 is 29.1 Å². The Morgan fingerprint density at radius 1 is 1.00 bits per heavy atom. The molecule has 11 nitrogen and oxygen atoms in total. The minimum atomic E-state index is -1.07. The van der Waals surface area contributed by atoms with Crippen LogP contribution in [0, 0.1) is 0 Å². The minimum absolute atomic E-state index is 0.184. The fourth-order valence-electron chi connectivity index (χ4n) is 4.52. The second-order valence-electron chi connectivity index (χ2n) is 8.50. The van der Waals surface area contributed by atoms with Gasteiger partial charge < -0.3 is 31.3 Å². The fraction of sp³-hybridized carbons (Fsp3) is 0.522. The van der Waals surface area contributed by atoms with Gasteiger partial charge >= 0.3 is 5.97 Å². The van der Waals surface area contributed by atoms with Gasteiger partial charge in [0, 0.05) is 19.5 Å². The Morgan fingerprint density at radius 3 is 2.29 bits per heavy atom. The highest BCUT2D eigenvalue weighted by atomic mass is 16.4. The number of hydrogen-bond donors (Lipinski definition) is 4. The summed E-state index contributed by atoms with van der Waals surface area (Å²) in [4.78, 5) is 64.6. The van der Waals surface area contributed by atoms with Gasteiger partial charge in [-0.3, -0.25) is 19.2 Å². The largest absolute Gasteiger partial charge is 0.480 e. The van der Waals surface area contributed by atoms with Crippen LogP contribution in [0.3, 0.4) is 0 Å². The van der Waals surface area contributed by atoms with E-state index in [4.69, 9.17) is 5.73 Å². The molecule has 5 N–H and O–H groups in total. The number of likely N-dealkylation sites (tertiary alicyclic amines) is 2. The number of aliphatic carboxylic acids is 1. The minimum Gasteiger partial charge on any atom is -0.480 e. The summed E-state index contributed by atoms with van der Waals surface area (Å²) in [5.41, 5.74) is 6.21. The first-order valence-corrected chi connectivity index (χ1v) is 11.5. The molecule has 0 saturated carbocycles. The van der Waals surface area contributed by atoms with Crippen molar-refractivity contribution in [1.82, 2.24) is 20.4 Å². The van der Waals surface area contributed by atoms with Crippen molar-refractivity contribution in [3.05, 3.63) is 35.9 Å². The van der Waals surface area contributed by atoms with Gasteiger partial charge in [-0.25, -0.2) is 4.79 Å². The van der Waals surface area contributed by atoms with Crippen LogP contribution in [0.2, 0.25) is 0 Å². The van der Waals surface area contributed by atoms with Gasteiger partial charge in [0.2, 0.25) is 23.6 Å². The van der Waals surface area contributed by atoms with Crippen LogP contribution in [-0.4, -0.2) is 88.8 Å². The van der Waals surface area contributed by atoms with Crippen LogP contribution in [0.25, 0.3) is 0 Å². The molecular formula is C23H31N5O6. The van der Waals surface area contributed by atoms with E-state index in [1.807, 2.05) is 30.3 Å². The standard InChI is InChI=1S/C23H31N5O6/c24-13-20(30)27-10-4-8-17(27)21(31)25-14-19(29)26-16(12-15-6-2-1-3-7-15)22(32)28-11-5-9-18(28)23(33)34/h1-3,6-7,16-18H,4-5,8-14,24H2,(H,25,31)(H,26,29)(H,33,34)/t16-,17-,18-/m0/s1. The van der Waals surface area contributed by atoms with Gasteiger partial charge in [-0.15, -0.1) is 0 Å². The summed E-state index contributed by atoms with van der Waals surface area (Å²) in [7, 11) is 0. The zero-order valence-electron chi connectivity index (χ0n) is 18.9. The molecule has 3 atom stereocenters. The number of rotatable bonds is 9. The Balaban J connectivity index is 1.64. The molecule has 34 heavy (non-hydrogen) atoms. The third-order valence-corrected chi connectivity index (χ3v) is 6.21. The van der Waals surface area contributed by atoms with E-state index in [2.05, 4.69) is 10.6 Å². The molecule has 3 rings (SSSR count). The Labute approximate surface area is 197 Å². The Morgan fingerprint density at radius 2 is 1.65 bits per heavy atom. The van der Waals surface area contributed by atoms with Crippen LogP contribution in [0.4, 0.5) is 0 Å². The number of carbonyl (C=O) groups is 5. The summed E-state index contributed by atoms with van der Waals surface area (Å²) in [5, 5.41) is 14.6. The van der Waals surface area contributed by atoms with Crippen LogP contribution in [0.1, 0.15) is 31.2 Å². The third-order valence-electron chi connectivity index (χ3n) is 6.21. The molecule has 2 fully saturated rings. The van der Waals surface area contributed by atoms with Crippen LogP contribution in [-0.2, 0) is 30.4 Å². The number of hydrogen-bond acceptors (Lipinski definition) is 6. The van der Waals surface area contributed by atoms with Gasteiger partial charge in [0.1, 0.15) is 18.1 Å². The fourth-order valence-corrected chi connectivity index (χ4v) is 4.52. The molecule has 1 aromatic rings. The maximum absolute atomic E-state index is 13.2. The highest BCUT2D eigenvalue weighted by molar-refractivity contribution is 5.94. The van der Waals surface area contributed by atoms with Gasteiger partial charge in [0.05, 0.1) is 13.1 Å². The lowest BCUT2D eigenvalue weighted by Gasteiger charge is -2.27. The highest BCUT2D eigenvalue weighted by Gasteiger charge is 2.38. The molecule has 2 aliphatic heterocycles. The number of carboxylic acid groups (broad SMARTS) is 1. The molecule has 0 aliphatic carbocycles. The van der Waals surface area contributed by atoms with E-state index in [0.717, 1.165) is 5.56 Å². The van der Waals surface area contributed by atoms with Gasteiger partial charge in [-0.2, -0.15) is 0 Å². The van der Waals surface area contributed by atoms with Crippen LogP contribution in [0.15, 0.2) is 30.3 Å². The molecule has 11 heteroatoms. The smallest absolute Gasteiger partial charge is 0.326 e. The van der Waals surface area contributed by atoms with E-state index < -0.39 is 41.8 Å². The molecule has 1 aromatic carbocycles. The molecule has 0 unspecified atom stereocenters. The average molecular weight is 474 g/mol. The highest BCUT2D eigenvalue weighted by Crippen LogP contribution is 2.20. The molecule has 0 radical (unpaired) electrons. The first-order chi connectivity index (χ1) is 16.3. The van der Waals surface area contributed by atoms with E-state index in [0.29, 0.717) is 38.8 Å². The number of carboxylic acids is 1. The summed E-state index contributed by atoms with van der Waals surface area (Å²) in [6.45, 7) is 0.178. The van der Waals surface area contributed by atoms with Gasteiger partial charge in [0.25, 0.3) is 0 Å². The zero-order chi connectivity index (χ0) is 24.7. The number of nitrogens with two attached hydrogens (primary N) is 1. The number of amides is 4. The molecule has 2 saturated heterocycles. The van der Waals surface area contributed by atoms with Gasteiger partial charge in [-0.05, 0) is 31.2 Å². The second-order valence-corrected chi connectivity index (χ2v) is 8.50. The number of nitrogens with zero attached hydrogens (tertiary/aromatic N) is 2. The van der Waals surface area contributed by atoms with Crippen LogP contribution >= 0.6 is 0 Å². The monoisotopic (exact) mass is 473 g/mol. The number of benzene rings is 1. The molecule has 184 valence electrons. The number of carbonyl (C=O) groups excluding carboxylic acids is 4. The van der Waals surface area contributed by atoms with Crippen molar-refractivity contribution in [3.63, 3.8) is 0 Å². The lowest BCUT2D eigenvalue weighted by molar-refractivity contribution is -0.149. The van der Waals surface area contributed by atoms with Crippen molar-refractivity contribution in [1.29, 1.82) is 0 Å². The van der Waals surface area contributed by atoms with Crippen molar-refractivity contribution in [2.75, 3.05) is 26.2 Å². The molecular weight excluding hydrogens is 442 g/mol. The summed E-state index contributed by atoms with van der Waals surface area (Å²) < 4.78 is 0. The zero-order valence-corrected chi connectivity index (χ0v) is 18.9. The molecule has 0 aromatic heterocycles. The molecule has 0 bridgehead atoms. The molecule has 2 aliphatic rings. The first-order valence-electron chi connectivity index (χ1n) is 11.5. The predicted molar refractivity (Wildman–Crippen MR) is 121 cm³/mol. The molecule has 2 heterocycles. The van der Waals surface area contributed by atoms with Crippen molar-refractivity contribution in [3.8, 4) is 0 Å². The normalized spacial score (nSPS) is 20.6. The second kappa shape index (κ2) is 11.6. The summed E-state index contributed by atoms with van der Waals surface area (Å²) in [6.07, 6.45) is 2.28. The van der Waals surface area contributed by atoms with E-state index in [-0.39, 0.29) is 25.4 Å². The maximum atomic E-state index is 13.2. The third kappa shape index (κ3) is 6.10. The SMILES string of the molecule is NCC(=O)N1CCC[C@H]1C(=O)NCC(=O)N[C@@H](Cc1ccccc1)C(=O)N1CCC[C@H]1C(=O)O. The Kier molecular flexibility index (Phi) is 8.58.